The van der Waals surface area contributed by atoms with E-state index in [0.29, 0.717) is 33.0 Å². The Balaban J connectivity index is 1.80. The molecule has 0 bridgehead atoms. The predicted molar refractivity (Wildman–Crippen MR) is 141 cm³/mol. The van der Waals surface area contributed by atoms with Crippen molar-refractivity contribution in [1.82, 2.24) is 9.55 Å². The average Bonchev–Trinajstić information content (AvgIpc) is 3.27. The maximum absolute atomic E-state index is 14.1. The Kier molecular flexibility index (Phi) is 7.85. The van der Waals surface area contributed by atoms with Crippen LogP contribution in [0.2, 0.25) is 5.02 Å². The fourth-order valence-electron chi connectivity index (χ4n) is 3.84. The van der Waals surface area contributed by atoms with Gasteiger partial charge in [0.25, 0.3) is 11.5 Å². The second-order valence-electron chi connectivity index (χ2n) is 8.02. The highest BCUT2D eigenvalue weighted by Crippen LogP contribution is 2.34. The molecule has 4 aromatic rings. The topological polar surface area (TPSA) is 140 Å². The number of rotatable bonds is 8. The highest BCUT2D eigenvalue weighted by atomic mass is 35.5. The van der Waals surface area contributed by atoms with Crippen molar-refractivity contribution in [1.29, 1.82) is 5.26 Å². The Morgan fingerprint density at radius 1 is 1.24 bits per heavy atom. The first-order valence-corrected chi connectivity index (χ1v) is 12.2. The highest BCUT2D eigenvalue weighted by molar-refractivity contribution is 7.18. The van der Waals surface area contributed by atoms with Gasteiger partial charge in [-0.05, 0) is 35.9 Å². The number of methoxy groups -OCH3 is 1. The number of amides is 2. The number of hydrogen-bond donors (Lipinski definition) is 2. The molecule has 38 heavy (non-hydrogen) atoms. The van der Waals surface area contributed by atoms with Crippen molar-refractivity contribution in [3.05, 3.63) is 98.3 Å². The number of thiophene rings is 1. The van der Waals surface area contributed by atoms with Gasteiger partial charge in [0.2, 0.25) is 5.91 Å². The minimum absolute atomic E-state index is 0.0512. The first-order chi connectivity index (χ1) is 18.2. The van der Waals surface area contributed by atoms with Gasteiger partial charge >= 0.3 is 0 Å². The molecule has 1 aromatic carbocycles. The quantitative estimate of drug-likeness (QED) is 0.337. The molecule has 0 fully saturated rings. The minimum atomic E-state index is -1.11. The van der Waals surface area contributed by atoms with Crippen molar-refractivity contribution < 1.29 is 18.7 Å². The third-order valence-corrected chi connectivity index (χ3v) is 6.91. The number of nitrogens with zero attached hydrogens (tertiary/aromatic N) is 3. The lowest BCUT2D eigenvalue weighted by molar-refractivity contribution is -0.119. The molecule has 9 nitrogen and oxygen atoms in total. The maximum Gasteiger partial charge on any atom is 0.261 e. The summed E-state index contributed by atoms with van der Waals surface area (Å²) in [4.78, 5) is 41.9. The number of primary amides is 1. The van der Waals surface area contributed by atoms with Gasteiger partial charge in [-0.2, -0.15) is 5.26 Å². The number of nitrogens with two attached hydrogens (primary N) is 1. The molecule has 1 unspecified atom stereocenters. The van der Waals surface area contributed by atoms with Gasteiger partial charge in [0, 0.05) is 47.1 Å². The number of hydrogen-bond acceptors (Lipinski definition) is 7. The molecule has 0 saturated carbocycles. The third-order valence-electron chi connectivity index (χ3n) is 5.63. The zero-order valence-electron chi connectivity index (χ0n) is 19.8. The van der Waals surface area contributed by atoms with E-state index in [0.717, 1.165) is 6.07 Å². The normalized spacial score (nSPS) is 11.4. The third kappa shape index (κ3) is 5.56. The molecule has 1 atom stereocenters. The van der Waals surface area contributed by atoms with Crippen molar-refractivity contribution >= 4 is 39.8 Å². The molecule has 0 radical (unpaired) electrons. The molecule has 3 N–H and O–H groups in total. The second-order valence-corrected chi connectivity index (χ2v) is 9.51. The smallest absolute Gasteiger partial charge is 0.261 e. The number of nitriles is 1. The van der Waals surface area contributed by atoms with Gasteiger partial charge in [0.05, 0.1) is 29.9 Å². The fraction of sp³-hybridized carbons (Fsp3) is 0.115. The number of anilines is 1. The van der Waals surface area contributed by atoms with Crippen LogP contribution in [0.4, 0.5) is 9.39 Å². The van der Waals surface area contributed by atoms with Crippen LogP contribution in [0.1, 0.15) is 26.8 Å². The van der Waals surface area contributed by atoms with E-state index in [1.165, 1.54) is 30.0 Å². The van der Waals surface area contributed by atoms with Gasteiger partial charge in [-0.1, -0.05) is 11.6 Å². The van der Waals surface area contributed by atoms with Crippen LogP contribution >= 0.6 is 22.9 Å². The van der Waals surface area contributed by atoms with Gasteiger partial charge in [-0.25, -0.2) is 4.39 Å². The molecular weight excluding hydrogens is 533 g/mol. The summed E-state index contributed by atoms with van der Waals surface area (Å²) < 4.78 is 20.8. The summed E-state index contributed by atoms with van der Waals surface area (Å²) in [6.07, 6.45) is 4.54. The van der Waals surface area contributed by atoms with Crippen LogP contribution in [0.5, 0.6) is 5.75 Å². The molecule has 0 aliphatic carbocycles. The van der Waals surface area contributed by atoms with E-state index in [9.17, 15) is 24.0 Å². The monoisotopic (exact) mass is 551 g/mol. The summed E-state index contributed by atoms with van der Waals surface area (Å²) in [5.74, 6) is -2.25. The van der Waals surface area contributed by atoms with E-state index in [1.807, 2.05) is 0 Å². The van der Waals surface area contributed by atoms with E-state index >= 15 is 0 Å². The first kappa shape index (κ1) is 26.5. The molecule has 0 spiro atoms. The lowest BCUT2D eigenvalue weighted by Gasteiger charge is -2.21. The largest absolute Gasteiger partial charge is 0.495 e. The van der Waals surface area contributed by atoms with Crippen molar-refractivity contribution in [2.24, 2.45) is 5.73 Å². The fourth-order valence-corrected chi connectivity index (χ4v) is 4.81. The summed E-state index contributed by atoms with van der Waals surface area (Å²) in [7, 11) is 1.39. The Morgan fingerprint density at radius 3 is 2.61 bits per heavy atom. The zero-order valence-corrected chi connectivity index (χ0v) is 21.3. The Labute approximate surface area is 224 Å². The molecule has 3 aromatic heterocycles. The molecule has 0 saturated heterocycles. The number of pyridine rings is 2. The summed E-state index contributed by atoms with van der Waals surface area (Å²) >= 11 is 6.82. The van der Waals surface area contributed by atoms with Crippen molar-refractivity contribution in [3.63, 3.8) is 0 Å². The van der Waals surface area contributed by atoms with Gasteiger partial charge in [-0.15, -0.1) is 11.3 Å². The summed E-state index contributed by atoms with van der Waals surface area (Å²) in [5, 5.41) is 12.5. The van der Waals surface area contributed by atoms with Crippen molar-refractivity contribution in [2.45, 2.75) is 12.5 Å². The van der Waals surface area contributed by atoms with E-state index in [1.54, 1.807) is 36.7 Å². The van der Waals surface area contributed by atoms with Crippen LogP contribution in [-0.4, -0.2) is 28.5 Å². The van der Waals surface area contributed by atoms with E-state index in [-0.39, 0.29) is 27.6 Å². The van der Waals surface area contributed by atoms with Crippen LogP contribution in [-0.2, 0) is 11.2 Å². The lowest BCUT2D eigenvalue weighted by Crippen LogP contribution is -2.34. The van der Waals surface area contributed by atoms with E-state index in [4.69, 9.17) is 22.1 Å². The number of benzene rings is 1. The zero-order chi connectivity index (χ0) is 27.4. The molecule has 12 heteroatoms. The number of ether oxygens (including phenoxy) is 1. The molecule has 2 amide bonds. The van der Waals surface area contributed by atoms with Crippen LogP contribution in [0.3, 0.4) is 0 Å². The van der Waals surface area contributed by atoms with Gasteiger partial charge in [-0.3, -0.25) is 23.9 Å². The summed E-state index contributed by atoms with van der Waals surface area (Å²) in [6.45, 7) is 0. The standard InChI is InChI=1S/C26H19ClFN5O4S/c1-37-21-13-33(23(34)10-18(21)17-9-16(27)3-2-15(17)12-29)20(8-14-4-6-31-7-5-14)26(36)32-22-11-19(28)24(38-22)25(30)35/h2-7,9-11,13,20H,8H2,1H3,(H2,30,35)(H,32,36). The Morgan fingerprint density at radius 2 is 1.97 bits per heavy atom. The van der Waals surface area contributed by atoms with Gasteiger partial charge < -0.3 is 15.8 Å². The molecule has 3 heterocycles. The number of halogens is 2. The van der Waals surface area contributed by atoms with Crippen molar-refractivity contribution in [3.8, 4) is 22.9 Å². The van der Waals surface area contributed by atoms with E-state index < -0.39 is 29.2 Å². The number of carbonyl (C=O) groups excluding carboxylic acids is 2. The van der Waals surface area contributed by atoms with Gasteiger partial charge in [0.1, 0.15) is 22.5 Å². The average molecular weight is 552 g/mol. The Hall–Kier alpha value is -4.53. The molecule has 192 valence electrons. The minimum Gasteiger partial charge on any atom is -0.495 e. The molecule has 4 rings (SSSR count). The molecule has 0 aliphatic rings. The van der Waals surface area contributed by atoms with Crippen molar-refractivity contribution in [2.75, 3.05) is 12.4 Å². The van der Waals surface area contributed by atoms with Crippen LogP contribution in [0.25, 0.3) is 11.1 Å². The number of carbonyl (C=O) groups is 2. The Bertz CT molecular complexity index is 1630. The highest BCUT2D eigenvalue weighted by Gasteiger charge is 2.26. The number of nitrogens with one attached hydrogen (secondary N) is 1. The molecule has 0 aliphatic heterocycles. The summed E-state index contributed by atoms with van der Waals surface area (Å²) in [5.41, 5.74) is 6.31. The number of aromatic nitrogens is 2. The van der Waals surface area contributed by atoms with Gasteiger partial charge in [0.15, 0.2) is 0 Å². The lowest BCUT2D eigenvalue weighted by atomic mass is 10.00. The predicted octanol–water partition coefficient (Wildman–Crippen LogP) is 4.17. The second kappa shape index (κ2) is 11.2. The SMILES string of the molecule is COc1cn(C(Cc2ccncc2)C(=O)Nc2cc(F)c(C(N)=O)s2)c(=O)cc1-c1cc(Cl)ccc1C#N. The van der Waals surface area contributed by atoms with E-state index in [2.05, 4.69) is 16.4 Å². The first-order valence-electron chi connectivity index (χ1n) is 11.0. The maximum atomic E-state index is 14.1. The van der Waals surface area contributed by atoms with Crippen LogP contribution in [0.15, 0.2) is 65.8 Å². The molecular formula is C26H19ClFN5O4S. The summed E-state index contributed by atoms with van der Waals surface area (Å²) in [6, 6.07) is 11.2. The van der Waals surface area contributed by atoms with Crippen LogP contribution < -0.4 is 21.3 Å². The van der Waals surface area contributed by atoms with Crippen LogP contribution in [0, 0.1) is 17.1 Å².